The molecule has 2 rings (SSSR count). The van der Waals surface area contributed by atoms with E-state index in [0.717, 1.165) is 35.7 Å². The van der Waals surface area contributed by atoms with Gasteiger partial charge in [-0.05, 0) is 30.5 Å². The third kappa shape index (κ3) is 3.93. The van der Waals surface area contributed by atoms with Gasteiger partial charge >= 0.3 is 0 Å². The molecule has 1 aromatic rings. The summed E-state index contributed by atoms with van der Waals surface area (Å²) >= 11 is 3.45. The second kappa shape index (κ2) is 6.55. The number of likely N-dealkylation sites (N-methyl/N-ethyl adjacent to an activating group) is 1. The Morgan fingerprint density at radius 1 is 1.40 bits per heavy atom. The molecule has 0 heterocycles. The van der Waals surface area contributed by atoms with Crippen LogP contribution in [-0.4, -0.2) is 35.1 Å². The first-order chi connectivity index (χ1) is 9.50. The number of carbonyl (C=O) groups is 1. The van der Waals surface area contributed by atoms with Crippen molar-refractivity contribution in [3.05, 3.63) is 40.4 Å². The summed E-state index contributed by atoms with van der Waals surface area (Å²) in [4.78, 5) is 13.7. The van der Waals surface area contributed by atoms with E-state index in [2.05, 4.69) is 15.9 Å². The van der Waals surface area contributed by atoms with E-state index in [1.807, 2.05) is 24.3 Å². The van der Waals surface area contributed by atoms with E-state index in [9.17, 15) is 9.90 Å². The van der Waals surface area contributed by atoms with Gasteiger partial charge in [0.25, 0.3) is 0 Å². The lowest BCUT2D eigenvalue weighted by molar-refractivity contribution is -0.127. The smallest absolute Gasteiger partial charge is 0.246 e. The quantitative estimate of drug-likeness (QED) is 0.857. The number of hydrogen-bond donors (Lipinski definition) is 1. The van der Waals surface area contributed by atoms with Crippen molar-refractivity contribution in [2.75, 3.05) is 13.6 Å². The van der Waals surface area contributed by atoms with Gasteiger partial charge < -0.3 is 10.0 Å². The molecule has 1 saturated carbocycles. The second-order valence-corrected chi connectivity index (χ2v) is 6.33. The minimum atomic E-state index is -0.689. The van der Waals surface area contributed by atoms with Gasteiger partial charge in [-0.1, -0.05) is 47.0 Å². The van der Waals surface area contributed by atoms with E-state index < -0.39 is 5.60 Å². The monoisotopic (exact) mass is 337 g/mol. The Kier molecular flexibility index (Phi) is 5.00. The van der Waals surface area contributed by atoms with Gasteiger partial charge in [0.15, 0.2) is 0 Å². The van der Waals surface area contributed by atoms with Crippen LogP contribution >= 0.6 is 15.9 Å². The molecule has 0 atom stereocenters. The van der Waals surface area contributed by atoms with Crippen LogP contribution in [0.15, 0.2) is 34.8 Å². The molecule has 0 aromatic heterocycles. The zero-order valence-corrected chi connectivity index (χ0v) is 13.3. The third-order valence-corrected chi connectivity index (χ3v) is 4.47. The minimum absolute atomic E-state index is 0.0823. The van der Waals surface area contributed by atoms with Crippen molar-refractivity contribution in [2.45, 2.75) is 31.3 Å². The highest BCUT2D eigenvalue weighted by Crippen LogP contribution is 2.30. The minimum Gasteiger partial charge on any atom is -0.388 e. The number of benzene rings is 1. The highest BCUT2D eigenvalue weighted by Gasteiger charge is 2.32. The second-order valence-electron chi connectivity index (χ2n) is 5.48. The Morgan fingerprint density at radius 2 is 2.05 bits per heavy atom. The molecular formula is C16H20BrNO2. The molecule has 0 unspecified atom stereocenters. The van der Waals surface area contributed by atoms with Crippen molar-refractivity contribution in [1.29, 1.82) is 0 Å². The number of amides is 1. The topological polar surface area (TPSA) is 40.5 Å². The summed E-state index contributed by atoms with van der Waals surface area (Å²) in [6.45, 7) is 0.409. The lowest BCUT2D eigenvalue weighted by Crippen LogP contribution is -2.41. The van der Waals surface area contributed by atoms with Crippen LogP contribution in [0.3, 0.4) is 0 Å². The fourth-order valence-electron chi connectivity index (χ4n) is 2.61. The molecule has 1 amide bonds. The first-order valence-electron chi connectivity index (χ1n) is 6.90. The van der Waals surface area contributed by atoms with Crippen molar-refractivity contribution in [1.82, 2.24) is 4.90 Å². The molecule has 0 bridgehead atoms. The van der Waals surface area contributed by atoms with Crippen molar-refractivity contribution in [2.24, 2.45) is 0 Å². The number of carbonyl (C=O) groups excluding carboxylic acids is 1. The zero-order chi connectivity index (χ0) is 14.6. The Morgan fingerprint density at radius 3 is 2.70 bits per heavy atom. The zero-order valence-electron chi connectivity index (χ0n) is 11.7. The maximum Gasteiger partial charge on any atom is 0.246 e. The molecule has 1 aliphatic rings. The van der Waals surface area contributed by atoms with Gasteiger partial charge in [0, 0.05) is 24.1 Å². The first kappa shape index (κ1) is 15.3. The fourth-order valence-corrected chi connectivity index (χ4v) is 3.03. The third-order valence-electron chi connectivity index (χ3n) is 3.75. The van der Waals surface area contributed by atoms with Gasteiger partial charge in [-0.3, -0.25) is 4.79 Å². The van der Waals surface area contributed by atoms with Crippen molar-refractivity contribution in [3.63, 3.8) is 0 Å². The maximum absolute atomic E-state index is 12.1. The Labute approximate surface area is 128 Å². The summed E-state index contributed by atoms with van der Waals surface area (Å²) in [6, 6.07) is 7.75. The Hall–Kier alpha value is -1.13. The van der Waals surface area contributed by atoms with Gasteiger partial charge in [-0.2, -0.15) is 0 Å². The Balaban J connectivity index is 1.96. The largest absolute Gasteiger partial charge is 0.388 e. The van der Waals surface area contributed by atoms with Crippen LogP contribution in [0.2, 0.25) is 0 Å². The van der Waals surface area contributed by atoms with E-state index in [1.165, 1.54) is 0 Å². The molecule has 108 valence electrons. The summed E-state index contributed by atoms with van der Waals surface area (Å²) in [5.74, 6) is -0.0823. The summed E-state index contributed by atoms with van der Waals surface area (Å²) in [7, 11) is 1.74. The average Bonchev–Trinajstić information content (AvgIpc) is 2.84. The van der Waals surface area contributed by atoms with E-state index in [0.29, 0.717) is 6.54 Å². The molecule has 1 fully saturated rings. The average molecular weight is 338 g/mol. The molecule has 1 aromatic carbocycles. The summed E-state index contributed by atoms with van der Waals surface area (Å²) in [5, 5.41) is 10.3. The number of aliphatic hydroxyl groups is 1. The maximum atomic E-state index is 12.1. The van der Waals surface area contributed by atoms with Crippen LogP contribution < -0.4 is 0 Å². The summed E-state index contributed by atoms with van der Waals surface area (Å²) < 4.78 is 0.959. The molecule has 0 aliphatic heterocycles. The molecule has 0 radical (unpaired) electrons. The molecule has 4 heteroatoms. The number of hydrogen-bond acceptors (Lipinski definition) is 2. The Bertz CT molecular complexity index is 507. The van der Waals surface area contributed by atoms with E-state index in [4.69, 9.17) is 0 Å². The number of rotatable bonds is 4. The van der Waals surface area contributed by atoms with Crippen LogP contribution in [-0.2, 0) is 4.79 Å². The lowest BCUT2D eigenvalue weighted by atomic mass is 10.0. The number of nitrogens with zero attached hydrogens (tertiary/aromatic N) is 1. The number of halogens is 1. The van der Waals surface area contributed by atoms with Crippen molar-refractivity contribution < 1.29 is 9.90 Å². The SMILES string of the molecule is CN(CC1(O)CCCC1)C(=O)/C=C/c1ccccc1Br. The van der Waals surface area contributed by atoms with Crippen LogP contribution in [0.1, 0.15) is 31.2 Å². The molecule has 1 aliphatic carbocycles. The summed E-state index contributed by atoms with van der Waals surface area (Å²) in [6.07, 6.45) is 7.02. The van der Waals surface area contributed by atoms with E-state index in [-0.39, 0.29) is 5.91 Å². The van der Waals surface area contributed by atoms with E-state index in [1.54, 1.807) is 24.1 Å². The van der Waals surface area contributed by atoms with Gasteiger partial charge in [-0.25, -0.2) is 0 Å². The predicted octanol–water partition coefficient (Wildman–Crippen LogP) is 3.23. The molecule has 0 saturated heterocycles. The van der Waals surface area contributed by atoms with Crippen LogP contribution in [0, 0.1) is 0 Å². The standard InChI is InChI=1S/C16H20BrNO2/c1-18(12-16(20)10-4-5-11-16)15(19)9-8-13-6-2-3-7-14(13)17/h2-3,6-9,20H,4-5,10-12H2,1H3/b9-8+. The highest BCUT2D eigenvalue weighted by atomic mass is 79.9. The molecule has 20 heavy (non-hydrogen) atoms. The van der Waals surface area contributed by atoms with E-state index >= 15 is 0 Å². The summed E-state index contributed by atoms with van der Waals surface area (Å²) in [5.41, 5.74) is 0.278. The molecule has 0 spiro atoms. The molecule has 3 nitrogen and oxygen atoms in total. The van der Waals surface area contributed by atoms with Gasteiger partial charge in [0.2, 0.25) is 5.91 Å². The molecular weight excluding hydrogens is 318 g/mol. The van der Waals surface area contributed by atoms with Crippen molar-refractivity contribution in [3.8, 4) is 0 Å². The van der Waals surface area contributed by atoms with Gasteiger partial charge in [0.05, 0.1) is 5.60 Å². The highest BCUT2D eigenvalue weighted by molar-refractivity contribution is 9.10. The van der Waals surface area contributed by atoms with Gasteiger partial charge in [0.1, 0.15) is 0 Å². The van der Waals surface area contributed by atoms with Crippen LogP contribution in [0.5, 0.6) is 0 Å². The van der Waals surface area contributed by atoms with Crippen LogP contribution in [0.25, 0.3) is 6.08 Å². The first-order valence-corrected chi connectivity index (χ1v) is 7.70. The molecule has 1 N–H and O–H groups in total. The lowest BCUT2D eigenvalue weighted by Gasteiger charge is -2.27. The normalized spacial score (nSPS) is 17.6. The van der Waals surface area contributed by atoms with Crippen molar-refractivity contribution >= 4 is 27.9 Å². The fraction of sp³-hybridized carbons (Fsp3) is 0.438. The van der Waals surface area contributed by atoms with Gasteiger partial charge in [-0.15, -0.1) is 0 Å². The predicted molar refractivity (Wildman–Crippen MR) is 84.2 cm³/mol. The van der Waals surface area contributed by atoms with Crippen LogP contribution in [0.4, 0.5) is 0 Å².